The molecule has 2 aromatic heterocycles. The number of hydrogen-bond acceptors (Lipinski definition) is 4. The SMILES string of the molecule is CCN(CC)C(=O)c1cn(C2CCC23CCN(C(=O)c2cccn2C)CC3)nn1. The molecule has 4 rings (SSSR count). The van der Waals surface area contributed by atoms with E-state index in [9.17, 15) is 9.59 Å². The summed E-state index contributed by atoms with van der Waals surface area (Å²) in [4.78, 5) is 29.1. The van der Waals surface area contributed by atoms with Gasteiger partial charge >= 0.3 is 0 Å². The van der Waals surface area contributed by atoms with E-state index in [0.717, 1.165) is 44.5 Å². The highest BCUT2D eigenvalue weighted by Crippen LogP contribution is 2.56. The minimum Gasteiger partial charge on any atom is -0.347 e. The quantitative estimate of drug-likeness (QED) is 0.775. The van der Waals surface area contributed by atoms with Crippen molar-refractivity contribution in [1.29, 1.82) is 0 Å². The molecule has 1 aliphatic carbocycles. The van der Waals surface area contributed by atoms with E-state index >= 15 is 0 Å². The minimum absolute atomic E-state index is 0.0578. The van der Waals surface area contributed by atoms with E-state index in [0.29, 0.717) is 18.8 Å². The fraction of sp³-hybridized carbons (Fsp3) is 0.619. The topological polar surface area (TPSA) is 76.3 Å². The van der Waals surface area contributed by atoms with E-state index < -0.39 is 0 Å². The monoisotopic (exact) mass is 398 g/mol. The van der Waals surface area contributed by atoms with Crippen LogP contribution in [0.15, 0.2) is 24.5 Å². The van der Waals surface area contributed by atoms with Crippen LogP contribution in [0.5, 0.6) is 0 Å². The third-order valence-corrected chi connectivity index (χ3v) is 6.93. The van der Waals surface area contributed by atoms with Crippen LogP contribution in [0.1, 0.15) is 66.5 Å². The lowest BCUT2D eigenvalue weighted by Crippen LogP contribution is -2.51. The highest BCUT2D eigenvalue weighted by Gasteiger charge is 2.50. The normalized spacial score (nSPS) is 20.5. The summed E-state index contributed by atoms with van der Waals surface area (Å²) in [6, 6.07) is 4.05. The van der Waals surface area contributed by atoms with Crippen LogP contribution < -0.4 is 0 Å². The molecule has 1 atom stereocenters. The Kier molecular flexibility index (Phi) is 5.19. The van der Waals surface area contributed by atoms with Crippen LogP contribution in [0, 0.1) is 5.41 Å². The smallest absolute Gasteiger partial charge is 0.276 e. The summed E-state index contributed by atoms with van der Waals surface area (Å²) in [6.45, 7) is 6.80. The third-order valence-electron chi connectivity index (χ3n) is 6.93. The van der Waals surface area contributed by atoms with Crippen molar-refractivity contribution in [2.75, 3.05) is 26.2 Å². The van der Waals surface area contributed by atoms with Gasteiger partial charge in [-0.2, -0.15) is 0 Å². The van der Waals surface area contributed by atoms with Crippen molar-refractivity contribution < 1.29 is 9.59 Å². The van der Waals surface area contributed by atoms with Gasteiger partial charge in [0.25, 0.3) is 11.8 Å². The summed E-state index contributed by atoms with van der Waals surface area (Å²) < 4.78 is 3.78. The standard InChI is InChI=1S/C21H30N6O2/c1-4-25(5-2)19(28)16-15-27(23-22-16)18-8-9-21(18)10-13-26(14-11-21)20(29)17-7-6-12-24(17)3/h6-7,12,15,18H,4-5,8-11,13-14H2,1-3H3. The molecule has 1 saturated carbocycles. The lowest BCUT2D eigenvalue weighted by atomic mass is 9.59. The van der Waals surface area contributed by atoms with E-state index in [1.165, 1.54) is 0 Å². The van der Waals surface area contributed by atoms with Crippen LogP contribution in [-0.2, 0) is 7.05 Å². The Balaban J connectivity index is 1.42. The molecule has 0 bridgehead atoms. The molecule has 2 amide bonds. The fourth-order valence-corrected chi connectivity index (χ4v) is 4.88. The molecule has 0 radical (unpaired) electrons. The molecule has 2 aromatic rings. The molecule has 1 aliphatic heterocycles. The van der Waals surface area contributed by atoms with Gasteiger partial charge in [0.15, 0.2) is 5.69 Å². The van der Waals surface area contributed by atoms with Crippen LogP contribution in [0.25, 0.3) is 0 Å². The van der Waals surface area contributed by atoms with Gasteiger partial charge in [0.2, 0.25) is 0 Å². The van der Waals surface area contributed by atoms with E-state index in [1.807, 2.05) is 59.6 Å². The number of amides is 2. The van der Waals surface area contributed by atoms with Gasteiger partial charge in [-0.15, -0.1) is 5.10 Å². The van der Waals surface area contributed by atoms with Crippen molar-refractivity contribution in [1.82, 2.24) is 29.4 Å². The zero-order valence-electron chi connectivity index (χ0n) is 17.5. The predicted octanol–water partition coefficient (Wildman–Crippen LogP) is 2.36. The predicted molar refractivity (Wildman–Crippen MR) is 109 cm³/mol. The Labute approximate surface area is 171 Å². The Bertz CT molecular complexity index is 889. The largest absolute Gasteiger partial charge is 0.347 e. The van der Waals surface area contributed by atoms with Crippen molar-refractivity contribution >= 4 is 11.8 Å². The summed E-state index contributed by atoms with van der Waals surface area (Å²) in [5.41, 5.74) is 1.32. The number of carbonyl (C=O) groups is 2. The average molecular weight is 399 g/mol. The van der Waals surface area contributed by atoms with Crippen LogP contribution in [-0.4, -0.2) is 67.4 Å². The van der Waals surface area contributed by atoms with Crippen LogP contribution >= 0.6 is 0 Å². The van der Waals surface area contributed by atoms with E-state index in [4.69, 9.17) is 0 Å². The number of rotatable bonds is 5. The lowest BCUT2D eigenvalue weighted by Gasteiger charge is -2.53. The molecule has 1 unspecified atom stereocenters. The van der Waals surface area contributed by atoms with Gasteiger partial charge in [-0.05, 0) is 57.1 Å². The van der Waals surface area contributed by atoms with Gasteiger partial charge in [-0.3, -0.25) is 9.59 Å². The van der Waals surface area contributed by atoms with Crippen molar-refractivity contribution in [2.45, 2.75) is 45.6 Å². The van der Waals surface area contributed by atoms with Gasteiger partial charge in [-0.1, -0.05) is 5.21 Å². The summed E-state index contributed by atoms with van der Waals surface area (Å²) in [5, 5.41) is 8.46. The molecule has 0 N–H and O–H groups in total. The molecule has 1 saturated heterocycles. The van der Waals surface area contributed by atoms with E-state index in [-0.39, 0.29) is 23.3 Å². The first-order chi connectivity index (χ1) is 14.0. The molecule has 0 aromatic carbocycles. The molecule has 1 spiro atoms. The summed E-state index contributed by atoms with van der Waals surface area (Å²) in [6.07, 6.45) is 7.84. The molecule has 2 fully saturated rings. The highest BCUT2D eigenvalue weighted by molar-refractivity contribution is 5.93. The molecule has 29 heavy (non-hydrogen) atoms. The Hall–Kier alpha value is -2.64. The molecular weight excluding hydrogens is 368 g/mol. The van der Waals surface area contributed by atoms with Crippen LogP contribution in [0.4, 0.5) is 0 Å². The first kappa shape index (κ1) is 19.7. The maximum Gasteiger partial charge on any atom is 0.276 e. The summed E-state index contributed by atoms with van der Waals surface area (Å²) >= 11 is 0. The first-order valence-corrected chi connectivity index (χ1v) is 10.6. The Morgan fingerprint density at radius 3 is 2.48 bits per heavy atom. The number of likely N-dealkylation sites (tertiary alicyclic amines) is 1. The number of aromatic nitrogens is 4. The van der Waals surface area contributed by atoms with E-state index in [1.54, 1.807) is 4.90 Å². The molecular formula is C21H30N6O2. The number of piperidine rings is 1. The zero-order chi connectivity index (χ0) is 20.6. The van der Waals surface area contributed by atoms with Gasteiger partial charge in [0.1, 0.15) is 5.69 Å². The molecule has 8 nitrogen and oxygen atoms in total. The number of nitrogens with zero attached hydrogens (tertiary/aromatic N) is 6. The summed E-state index contributed by atoms with van der Waals surface area (Å²) in [7, 11) is 1.91. The maximum absolute atomic E-state index is 12.8. The van der Waals surface area contributed by atoms with Crippen molar-refractivity contribution in [3.8, 4) is 0 Å². The van der Waals surface area contributed by atoms with E-state index in [2.05, 4.69) is 10.3 Å². The van der Waals surface area contributed by atoms with Crippen LogP contribution in [0.2, 0.25) is 0 Å². The lowest BCUT2D eigenvalue weighted by molar-refractivity contribution is -0.0270. The van der Waals surface area contributed by atoms with Crippen molar-refractivity contribution in [2.24, 2.45) is 12.5 Å². The molecule has 8 heteroatoms. The van der Waals surface area contributed by atoms with Crippen molar-refractivity contribution in [3.63, 3.8) is 0 Å². The number of carbonyl (C=O) groups excluding carboxylic acids is 2. The first-order valence-electron chi connectivity index (χ1n) is 10.6. The third kappa shape index (κ3) is 3.34. The zero-order valence-corrected chi connectivity index (χ0v) is 17.5. The highest BCUT2D eigenvalue weighted by atomic mass is 16.2. The van der Waals surface area contributed by atoms with Crippen LogP contribution in [0.3, 0.4) is 0 Å². The van der Waals surface area contributed by atoms with Gasteiger partial charge in [-0.25, -0.2) is 4.68 Å². The second kappa shape index (κ2) is 7.65. The second-order valence-electron chi connectivity index (χ2n) is 8.27. The maximum atomic E-state index is 12.8. The number of hydrogen-bond donors (Lipinski definition) is 0. The Morgan fingerprint density at radius 1 is 1.21 bits per heavy atom. The molecule has 2 aliphatic rings. The Morgan fingerprint density at radius 2 is 1.93 bits per heavy atom. The fourth-order valence-electron chi connectivity index (χ4n) is 4.88. The van der Waals surface area contributed by atoms with Gasteiger partial charge < -0.3 is 14.4 Å². The van der Waals surface area contributed by atoms with Gasteiger partial charge in [0.05, 0.1) is 12.2 Å². The van der Waals surface area contributed by atoms with Crippen molar-refractivity contribution in [3.05, 3.63) is 35.9 Å². The minimum atomic E-state index is -0.0578. The number of aryl methyl sites for hydroxylation is 1. The second-order valence-corrected chi connectivity index (χ2v) is 8.27. The summed E-state index contributed by atoms with van der Waals surface area (Å²) in [5.74, 6) is 0.0497. The molecule has 156 valence electrons. The van der Waals surface area contributed by atoms with Gasteiger partial charge in [0, 0.05) is 39.4 Å². The average Bonchev–Trinajstić information content (AvgIpc) is 3.37. The molecule has 3 heterocycles.